The van der Waals surface area contributed by atoms with Gasteiger partial charge in [-0.2, -0.15) is 0 Å². The summed E-state index contributed by atoms with van der Waals surface area (Å²) in [4.78, 5) is 35.9. The maximum absolute atomic E-state index is 8.88. The van der Waals surface area contributed by atoms with Crippen LogP contribution in [0.3, 0.4) is 0 Å². The summed E-state index contributed by atoms with van der Waals surface area (Å²) in [5.41, 5.74) is 0. The van der Waals surface area contributed by atoms with E-state index in [1.165, 1.54) is 0 Å². The molecule has 0 aromatic rings. The van der Waals surface area contributed by atoms with Crippen LogP contribution in [0.25, 0.3) is 0 Å². The van der Waals surface area contributed by atoms with Crippen molar-refractivity contribution < 1.29 is 33.3 Å². The minimum Gasteiger partial charge on any atom is -0.511 e. The molecular weight excluding hydrogens is 182 g/mol. The molecule has 0 aromatic carbocycles. The summed E-state index contributed by atoms with van der Waals surface area (Å²) in [6.07, 6.45) is 0. The van der Waals surface area contributed by atoms with Crippen LogP contribution >= 0.6 is 7.82 Å². The number of hydrogen-bond acceptors (Lipinski definition) is 2. The van der Waals surface area contributed by atoms with Crippen molar-refractivity contribution in [3.63, 3.8) is 0 Å². The molecule has 0 spiro atoms. The summed E-state index contributed by atoms with van der Waals surface area (Å²) < 4.78 is 17.6. The van der Waals surface area contributed by atoms with Crippen molar-refractivity contribution in [1.29, 1.82) is 0 Å². The summed E-state index contributed by atoms with van der Waals surface area (Å²) in [6.45, 7) is 0. The van der Waals surface area contributed by atoms with E-state index in [1.54, 1.807) is 0 Å². The molecule has 0 heterocycles. The van der Waals surface area contributed by atoms with Gasteiger partial charge in [0.05, 0.1) is 0 Å². The first-order valence-electron chi connectivity index (χ1n) is 1.43. The molecular formula is H5BO7PSi. The zero-order chi connectivity index (χ0) is 8.08. The molecule has 0 atom stereocenters. The monoisotopic (exact) mass is 187 g/mol. The molecule has 0 bridgehead atoms. The lowest BCUT2D eigenvalue weighted by Gasteiger charge is -1.82. The Bertz CT molecular complexity index is 113. The largest absolute Gasteiger partial charge is 0.761 e. The molecule has 3 radical (unpaired) electrons. The standard InChI is InChI=1S/B.H3O4P.H2O3Si/c;1-5(2,3)4;1-4(2)3/h;(H3,1,2,3,4);1-2H. The molecule has 59 valence electrons. The van der Waals surface area contributed by atoms with Crippen LogP contribution in [0.5, 0.6) is 0 Å². The van der Waals surface area contributed by atoms with E-state index in [9.17, 15) is 0 Å². The summed E-state index contributed by atoms with van der Waals surface area (Å²) >= 11 is 0. The Morgan fingerprint density at radius 3 is 1.10 bits per heavy atom. The highest BCUT2D eigenvalue weighted by Crippen LogP contribution is 2.25. The van der Waals surface area contributed by atoms with Crippen LogP contribution < -0.4 is 0 Å². The van der Waals surface area contributed by atoms with Crippen LogP contribution in [0.1, 0.15) is 0 Å². The van der Waals surface area contributed by atoms with Crippen LogP contribution in [-0.2, 0) is 9.03 Å². The van der Waals surface area contributed by atoms with Gasteiger partial charge in [-0.15, -0.1) is 0 Å². The van der Waals surface area contributed by atoms with E-state index in [2.05, 4.69) is 0 Å². The minimum absolute atomic E-state index is 0. The molecule has 0 rings (SSSR count). The van der Waals surface area contributed by atoms with Gasteiger partial charge in [-0.25, -0.2) is 4.57 Å². The third kappa shape index (κ3) is 8290. The van der Waals surface area contributed by atoms with Gasteiger partial charge in [-0.3, -0.25) is 4.46 Å². The van der Waals surface area contributed by atoms with Gasteiger partial charge in [0.1, 0.15) is 0 Å². The van der Waals surface area contributed by atoms with Crippen molar-refractivity contribution in [2.24, 2.45) is 0 Å². The first kappa shape index (κ1) is 16.4. The molecule has 0 aliphatic heterocycles. The quantitative estimate of drug-likeness (QED) is 0.202. The van der Waals surface area contributed by atoms with Crippen molar-refractivity contribution >= 4 is 25.4 Å². The smallest absolute Gasteiger partial charge is 0.511 e. The van der Waals surface area contributed by atoms with Gasteiger partial charge in [0.25, 0.3) is 0 Å². The highest BCUT2D eigenvalue weighted by atomic mass is 31.2. The lowest BCUT2D eigenvalue weighted by molar-refractivity contribution is 0.275. The highest BCUT2D eigenvalue weighted by molar-refractivity contribution is 7.45. The second-order valence-electron chi connectivity index (χ2n) is 0.796. The second-order valence-corrected chi connectivity index (χ2v) is 2.39. The molecule has 0 saturated heterocycles. The van der Waals surface area contributed by atoms with Crippen molar-refractivity contribution in [2.45, 2.75) is 0 Å². The van der Waals surface area contributed by atoms with Crippen molar-refractivity contribution in [3.8, 4) is 0 Å². The fraction of sp³-hybridized carbons (Fsp3) is 0. The second kappa shape index (κ2) is 6.91. The van der Waals surface area contributed by atoms with Crippen molar-refractivity contribution in [1.82, 2.24) is 0 Å². The normalized spacial score (nSPS) is 8.30. The fourth-order valence-electron chi connectivity index (χ4n) is 0. The zero-order valence-electron chi connectivity index (χ0n) is 4.58. The Labute approximate surface area is 59.7 Å². The fourth-order valence-corrected chi connectivity index (χ4v) is 0. The topological polar surface area (TPSA) is 135 Å². The summed E-state index contributed by atoms with van der Waals surface area (Å²) in [6, 6.07) is 0. The van der Waals surface area contributed by atoms with Gasteiger partial charge < -0.3 is 24.3 Å². The summed E-state index contributed by atoms with van der Waals surface area (Å²) in [5.74, 6) is 0. The molecule has 0 aromatic heterocycles. The van der Waals surface area contributed by atoms with E-state index in [0.717, 1.165) is 0 Å². The van der Waals surface area contributed by atoms with E-state index in [1.807, 2.05) is 0 Å². The van der Waals surface area contributed by atoms with Crippen LogP contribution in [0.15, 0.2) is 0 Å². The molecule has 0 amide bonds. The molecule has 10 heavy (non-hydrogen) atoms. The van der Waals surface area contributed by atoms with Crippen LogP contribution in [0, 0.1) is 0 Å². The molecule has 0 saturated carbocycles. The van der Waals surface area contributed by atoms with E-state index < -0.39 is 17.0 Å². The van der Waals surface area contributed by atoms with Crippen LogP contribution in [-0.4, -0.2) is 41.9 Å². The van der Waals surface area contributed by atoms with Gasteiger partial charge in [0, 0.05) is 8.41 Å². The molecule has 0 unspecified atom stereocenters. The van der Waals surface area contributed by atoms with Gasteiger partial charge >= 0.3 is 17.0 Å². The third-order valence-corrected chi connectivity index (χ3v) is 0. The molecule has 7 nitrogen and oxygen atoms in total. The first-order valence-corrected chi connectivity index (χ1v) is 4.30. The SMILES string of the molecule is O=P(O)(O)O.O=[Si](O)O.[B]. The van der Waals surface area contributed by atoms with Crippen LogP contribution in [0.2, 0.25) is 0 Å². The Morgan fingerprint density at radius 1 is 1.10 bits per heavy atom. The van der Waals surface area contributed by atoms with Crippen LogP contribution in [0.4, 0.5) is 0 Å². The van der Waals surface area contributed by atoms with Crippen molar-refractivity contribution in [3.05, 3.63) is 0 Å². The molecule has 0 aliphatic carbocycles. The Hall–Kier alpha value is -0.208. The molecule has 0 fully saturated rings. The van der Waals surface area contributed by atoms with E-state index >= 15 is 0 Å². The lowest BCUT2D eigenvalue weighted by atomic mass is 10.8. The highest BCUT2D eigenvalue weighted by Gasteiger charge is 2.00. The molecule has 10 heteroatoms. The maximum atomic E-state index is 8.88. The van der Waals surface area contributed by atoms with Gasteiger partial charge in [0.15, 0.2) is 0 Å². The number of hydrogen-bond donors (Lipinski definition) is 5. The summed E-state index contributed by atoms with van der Waals surface area (Å²) in [7, 11) is -7.77. The average Bonchev–Trinajstić information content (AvgIpc) is 1.19. The Balaban J connectivity index is -0.0000000910. The van der Waals surface area contributed by atoms with E-state index in [4.69, 9.17) is 33.3 Å². The third-order valence-electron chi connectivity index (χ3n) is 0. The van der Waals surface area contributed by atoms with E-state index in [0.29, 0.717) is 0 Å². The van der Waals surface area contributed by atoms with Crippen molar-refractivity contribution in [2.75, 3.05) is 0 Å². The number of phosphoric acid groups is 1. The Morgan fingerprint density at radius 2 is 1.10 bits per heavy atom. The zero-order valence-corrected chi connectivity index (χ0v) is 6.47. The molecule has 5 N–H and O–H groups in total. The average molecular weight is 187 g/mol. The first-order chi connectivity index (χ1) is 3.73. The predicted molar refractivity (Wildman–Crippen MR) is 30.9 cm³/mol. The molecule has 0 aliphatic rings. The van der Waals surface area contributed by atoms with Gasteiger partial charge in [0.2, 0.25) is 0 Å². The lowest BCUT2D eigenvalue weighted by Crippen LogP contribution is -1.90. The Kier molecular flexibility index (Phi) is 11.3. The summed E-state index contributed by atoms with van der Waals surface area (Å²) in [5, 5.41) is 0. The number of rotatable bonds is 0. The predicted octanol–water partition coefficient (Wildman–Crippen LogP) is -2.92. The minimum atomic E-state index is -4.64. The maximum Gasteiger partial charge on any atom is 0.761 e. The van der Waals surface area contributed by atoms with Gasteiger partial charge in [-0.1, -0.05) is 0 Å². The van der Waals surface area contributed by atoms with E-state index in [-0.39, 0.29) is 8.41 Å². The van der Waals surface area contributed by atoms with Gasteiger partial charge in [-0.05, 0) is 0 Å².